The zero-order valence-electron chi connectivity index (χ0n) is 14.2. The Labute approximate surface area is 131 Å². The molecule has 21 heavy (non-hydrogen) atoms. The molecule has 0 aromatic carbocycles. The van der Waals surface area contributed by atoms with Crippen LogP contribution in [0.25, 0.3) is 0 Å². The van der Waals surface area contributed by atoms with Gasteiger partial charge in [0.25, 0.3) is 0 Å². The fourth-order valence-electron chi connectivity index (χ4n) is 4.36. The van der Waals surface area contributed by atoms with E-state index in [0.717, 1.165) is 31.3 Å². The molecule has 3 atom stereocenters. The summed E-state index contributed by atoms with van der Waals surface area (Å²) in [6, 6.07) is 0. The van der Waals surface area contributed by atoms with Crippen LogP contribution in [-0.2, 0) is 9.84 Å². The summed E-state index contributed by atoms with van der Waals surface area (Å²) < 4.78 is 24.4. The first kappa shape index (κ1) is 17.3. The van der Waals surface area contributed by atoms with Crippen molar-refractivity contribution < 1.29 is 8.42 Å². The van der Waals surface area contributed by atoms with Gasteiger partial charge in [-0.05, 0) is 69.2 Å². The lowest BCUT2D eigenvalue weighted by Crippen LogP contribution is -2.41. The van der Waals surface area contributed by atoms with Crippen LogP contribution in [0, 0.1) is 23.2 Å². The van der Waals surface area contributed by atoms with Gasteiger partial charge in [-0.25, -0.2) is 8.42 Å². The molecule has 2 saturated carbocycles. The topological polar surface area (TPSA) is 46.2 Å². The van der Waals surface area contributed by atoms with Gasteiger partial charge in [0.2, 0.25) is 0 Å². The summed E-state index contributed by atoms with van der Waals surface area (Å²) in [7, 11) is -2.91. The fraction of sp³-hybridized carbons (Fsp3) is 1.00. The molecule has 0 saturated heterocycles. The van der Waals surface area contributed by atoms with Gasteiger partial charge in [-0.1, -0.05) is 20.3 Å². The van der Waals surface area contributed by atoms with E-state index in [1.54, 1.807) is 13.8 Å². The fourth-order valence-corrected chi connectivity index (χ4v) is 5.52. The molecule has 3 unspecified atom stereocenters. The van der Waals surface area contributed by atoms with E-state index in [9.17, 15) is 8.42 Å². The summed E-state index contributed by atoms with van der Waals surface area (Å²) in [5, 5.41) is 3.38. The molecule has 0 radical (unpaired) electrons. The van der Waals surface area contributed by atoms with E-state index in [1.807, 2.05) is 0 Å². The molecular formula is C17H33NO2S. The largest absolute Gasteiger partial charge is 0.316 e. The molecule has 0 aromatic rings. The van der Waals surface area contributed by atoms with Gasteiger partial charge in [0.15, 0.2) is 9.84 Å². The average Bonchev–Trinajstić information content (AvgIpc) is 2.97. The molecule has 0 amide bonds. The van der Waals surface area contributed by atoms with Gasteiger partial charge in [0.1, 0.15) is 0 Å². The number of fused-ring (bicyclic) bond motifs is 2. The minimum Gasteiger partial charge on any atom is -0.316 e. The van der Waals surface area contributed by atoms with Gasteiger partial charge in [-0.3, -0.25) is 0 Å². The third-order valence-corrected chi connectivity index (χ3v) is 7.94. The maximum Gasteiger partial charge on any atom is 0.152 e. The second kappa shape index (κ2) is 6.57. The van der Waals surface area contributed by atoms with Crippen molar-refractivity contribution in [1.29, 1.82) is 0 Å². The Morgan fingerprint density at radius 3 is 2.38 bits per heavy atom. The third-order valence-electron chi connectivity index (χ3n) is 5.73. The predicted octanol–water partition coefficient (Wildman–Crippen LogP) is 3.25. The smallest absolute Gasteiger partial charge is 0.152 e. The van der Waals surface area contributed by atoms with Crippen molar-refractivity contribution in [2.75, 3.05) is 18.8 Å². The van der Waals surface area contributed by atoms with Crippen molar-refractivity contribution in [3.05, 3.63) is 0 Å². The summed E-state index contributed by atoms with van der Waals surface area (Å²) in [5.74, 6) is 2.64. The molecule has 3 nitrogen and oxygen atoms in total. The summed E-state index contributed by atoms with van der Waals surface area (Å²) in [6.45, 7) is 10.1. The molecule has 2 rings (SSSR count). The molecule has 0 aromatic heterocycles. The standard InChI is InChI=1S/C17H33NO2S/c1-13(2)11-18-12-17(7-8-21(19,20)14(3)4)10-15-5-6-16(17)9-15/h13-16,18H,5-12H2,1-4H3. The predicted molar refractivity (Wildman–Crippen MR) is 89.1 cm³/mol. The van der Waals surface area contributed by atoms with Gasteiger partial charge in [-0.2, -0.15) is 0 Å². The van der Waals surface area contributed by atoms with E-state index in [1.165, 1.54) is 25.7 Å². The number of hydrogen-bond acceptors (Lipinski definition) is 3. The highest BCUT2D eigenvalue weighted by molar-refractivity contribution is 7.91. The first-order valence-electron chi connectivity index (χ1n) is 8.67. The molecule has 0 aliphatic heterocycles. The lowest BCUT2D eigenvalue weighted by molar-refractivity contribution is 0.150. The SMILES string of the molecule is CC(C)CNCC1(CCS(=O)(=O)C(C)C)CC2CCC1C2. The van der Waals surface area contributed by atoms with E-state index in [0.29, 0.717) is 11.7 Å². The van der Waals surface area contributed by atoms with Crippen LogP contribution in [-0.4, -0.2) is 32.5 Å². The first-order chi connectivity index (χ1) is 9.75. The van der Waals surface area contributed by atoms with Crippen molar-refractivity contribution in [2.24, 2.45) is 23.2 Å². The van der Waals surface area contributed by atoms with E-state index < -0.39 is 9.84 Å². The van der Waals surface area contributed by atoms with E-state index in [4.69, 9.17) is 0 Å². The van der Waals surface area contributed by atoms with Crippen LogP contribution in [0.5, 0.6) is 0 Å². The Hall–Kier alpha value is -0.0900. The van der Waals surface area contributed by atoms with Crippen molar-refractivity contribution in [3.8, 4) is 0 Å². The normalized spacial score (nSPS) is 32.5. The van der Waals surface area contributed by atoms with Crippen LogP contribution >= 0.6 is 0 Å². The zero-order chi connectivity index (χ0) is 15.7. The molecule has 4 heteroatoms. The summed E-state index contributed by atoms with van der Waals surface area (Å²) >= 11 is 0. The summed E-state index contributed by atoms with van der Waals surface area (Å²) in [4.78, 5) is 0. The van der Waals surface area contributed by atoms with Crippen LogP contribution < -0.4 is 5.32 Å². The highest BCUT2D eigenvalue weighted by Crippen LogP contribution is 2.57. The number of rotatable bonds is 8. The van der Waals surface area contributed by atoms with Crippen LogP contribution in [0.15, 0.2) is 0 Å². The van der Waals surface area contributed by atoms with Crippen LogP contribution in [0.1, 0.15) is 59.8 Å². The number of hydrogen-bond donors (Lipinski definition) is 1. The molecule has 124 valence electrons. The van der Waals surface area contributed by atoms with Crippen molar-refractivity contribution in [3.63, 3.8) is 0 Å². The van der Waals surface area contributed by atoms with Crippen molar-refractivity contribution in [1.82, 2.24) is 5.32 Å². The second-order valence-electron chi connectivity index (χ2n) is 8.13. The van der Waals surface area contributed by atoms with Crippen LogP contribution in [0.2, 0.25) is 0 Å². The monoisotopic (exact) mass is 315 g/mol. The van der Waals surface area contributed by atoms with Crippen molar-refractivity contribution >= 4 is 9.84 Å². The Balaban J connectivity index is 2.00. The molecule has 2 bridgehead atoms. The van der Waals surface area contributed by atoms with Crippen LogP contribution in [0.4, 0.5) is 0 Å². The second-order valence-corrected chi connectivity index (χ2v) is 10.8. The molecular weight excluding hydrogens is 282 g/mol. The number of nitrogens with one attached hydrogen (secondary N) is 1. The Bertz CT molecular complexity index is 444. The van der Waals surface area contributed by atoms with E-state index in [-0.39, 0.29) is 10.7 Å². The minimum absolute atomic E-state index is 0.239. The Kier molecular flexibility index (Phi) is 5.40. The van der Waals surface area contributed by atoms with Gasteiger partial charge in [0, 0.05) is 6.54 Å². The minimum atomic E-state index is -2.91. The maximum atomic E-state index is 12.2. The Morgan fingerprint density at radius 2 is 1.90 bits per heavy atom. The lowest BCUT2D eigenvalue weighted by atomic mass is 9.71. The van der Waals surface area contributed by atoms with Crippen LogP contribution in [0.3, 0.4) is 0 Å². The zero-order valence-corrected chi connectivity index (χ0v) is 15.0. The van der Waals surface area contributed by atoms with Crippen molar-refractivity contribution in [2.45, 2.75) is 65.0 Å². The van der Waals surface area contributed by atoms with E-state index >= 15 is 0 Å². The maximum absolute atomic E-state index is 12.2. The number of sulfone groups is 1. The summed E-state index contributed by atoms with van der Waals surface area (Å²) in [6.07, 6.45) is 6.13. The molecule has 2 aliphatic rings. The molecule has 2 fully saturated rings. The van der Waals surface area contributed by atoms with Gasteiger partial charge < -0.3 is 5.32 Å². The Morgan fingerprint density at radius 1 is 1.19 bits per heavy atom. The molecule has 1 N–H and O–H groups in total. The average molecular weight is 316 g/mol. The van der Waals surface area contributed by atoms with Gasteiger partial charge >= 0.3 is 0 Å². The molecule has 0 spiro atoms. The molecule has 0 heterocycles. The third kappa shape index (κ3) is 4.01. The first-order valence-corrected chi connectivity index (χ1v) is 10.4. The molecule has 2 aliphatic carbocycles. The van der Waals surface area contributed by atoms with E-state index in [2.05, 4.69) is 19.2 Å². The highest BCUT2D eigenvalue weighted by atomic mass is 32.2. The quantitative estimate of drug-likeness (QED) is 0.748. The lowest BCUT2D eigenvalue weighted by Gasteiger charge is -2.38. The summed E-state index contributed by atoms with van der Waals surface area (Å²) in [5.41, 5.74) is 0.250. The van der Waals surface area contributed by atoms with Gasteiger partial charge in [-0.15, -0.1) is 0 Å². The van der Waals surface area contributed by atoms with Gasteiger partial charge in [0.05, 0.1) is 11.0 Å². The highest BCUT2D eigenvalue weighted by Gasteiger charge is 2.50.